The van der Waals surface area contributed by atoms with E-state index in [2.05, 4.69) is 22.6 Å². The molecule has 1 aliphatic carbocycles. The van der Waals surface area contributed by atoms with Gasteiger partial charge in [0.1, 0.15) is 0 Å². The largest absolute Gasteiger partial charge is 0.481 e. The van der Waals surface area contributed by atoms with Crippen LogP contribution in [0.15, 0.2) is 0 Å². The molecular formula is C13H25N3O3. The average Bonchev–Trinajstić information content (AvgIpc) is 3.17. The molecule has 6 heteroatoms. The van der Waals surface area contributed by atoms with E-state index in [1.165, 1.54) is 12.8 Å². The predicted octanol–water partition coefficient (Wildman–Crippen LogP) is 0.881. The molecule has 110 valence electrons. The second-order valence-corrected chi connectivity index (χ2v) is 5.39. The Kier molecular flexibility index (Phi) is 6.62. The molecule has 0 saturated heterocycles. The predicted molar refractivity (Wildman–Crippen MR) is 73.1 cm³/mol. The number of likely N-dealkylation sites (N-methyl/N-ethyl adjacent to an activating group) is 1. The Bertz CT molecular complexity index is 306. The molecule has 2 amide bonds. The molecule has 0 aromatic rings. The lowest BCUT2D eigenvalue weighted by molar-refractivity contribution is -0.137. The number of rotatable bonds is 9. The van der Waals surface area contributed by atoms with Crippen molar-refractivity contribution in [3.63, 3.8) is 0 Å². The first kappa shape index (κ1) is 15.8. The quantitative estimate of drug-likeness (QED) is 0.581. The number of carboxylic acid groups (broad SMARTS) is 1. The maximum absolute atomic E-state index is 11.5. The highest BCUT2D eigenvalue weighted by atomic mass is 16.4. The Hall–Kier alpha value is -1.30. The summed E-state index contributed by atoms with van der Waals surface area (Å²) in [6, 6.07) is 0.535. The first-order valence-corrected chi connectivity index (χ1v) is 6.92. The SMILES string of the molecule is CC(CCC(=O)O)CNC(=O)NCCN(C)C1CC1. The van der Waals surface area contributed by atoms with Crippen LogP contribution in [0, 0.1) is 5.92 Å². The molecule has 0 aromatic carbocycles. The summed E-state index contributed by atoms with van der Waals surface area (Å²) in [5, 5.41) is 14.1. The lowest BCUT2D eigenvalue weighted by atomic mass is 10.1. The third kappa shape index (κ3) is 7.66. The molecule has 1 fully saturated rings. The van der Waals surface area contributed by atoms with Crippen molar-refractivity contribution < 1.29 is 14.7 Å². The fourth-order valence-corrected chi connectivity index (χ4v) is 1.85. The third-order valence-electron chi connectivity index (χ3n) is 3.38. The molecule has 1 unspecified atom stereocenters. The monoisotopic (exact) mass is 271 g/mol. The van der Waals surface area contributed by atoms with Gasteiger partial charge in [-0.2, -0.15) is 0 Å². The van der Waals surface area contributed by atoms with Crippen LogP contribution in [0.1, 0.15) is 32.6 Å². The summed E-state index contributed by atoms with van der Waals surface area (Å²) in [5.41, 5.74) is 0. The smallest absolute Gasteiger partial charge is 0.314 e. The van der Waals surface area contributed by atoms with Gasteiger partial charge in [0.15, 0.2) is 0 Å². The van der Waals surface area contributed by atoms with Crippen LogP contribution in [-0.4, -0.2) is 54.7 Å². The molecule has 1 atom stereocenters. The molecule has 3 N–H and O–H groups in total. The molecule has 1 aliphatic rings. The molecule has 0 radical (unpaired) electrons. The van der Waals surface area contributed by atoms with Gasteiger partial charge in [-0.25, -0.2) is 4.79 Å². The highest BCUT2D eigenvalue weighted by Gasteiger charge is 2.25. The summed E-state index contributed by atoms with van der Waals surface area (Å²) in [6.45, 7) is 3.96. The number of nitrogens with zero attached hydrogens (tertiary/aromatic N) is 1. The van der Waals surface area contributed by atoms with Crippen molar-refractivity contribution in [3.05, 3.63) is 0 Å². The van der Waals surface area contributed by atoms with Crippen LogP contribution in [0.4, 0.5) is 4.79 Å². The second kappa shape index (κ2) is 7.99. The van der Waals surface area contributed by atoms with Crippen molar-refractivity contribution in [2.24, 2.45) is 5.92 Å². The first-order chi connectivity index (χ1) is 8.99. The van der Waals surface area contributed by atoms with E-state index in [1.54, 1.807) is 0 Å². The van der Waals surface area contributed by atoms with Crippen LogP contribution in [0.5, 0.6) is 0 Å². The van der Waals surface area contributed by atoms with Crippen molar-refractivity contribution in [1.29, 1.82) is 0 Å². The first-order valence-electron chi connectivity index (χ1n) is 6.92. The van der Waals surface area contributed by atoms with Crippen molar-refractivity contribution in [1.82, 2.24) is 15.5 Å². The van der Waals surface area contributed by atoms with Crippen LogP contribution < -0.4 is 10.6 Å². The Morgan fingerprint density at radius 3 is 2.63 bits per heavy atom. The third-order valence-corrected chi connectivity index (χ3v) is 3.38. The molecule has 0 spiro atoms. The van der Waals surface area contributed by atoms with Gasteiger partial charge in [-0.05, 0) is 32.2 Å². The van der Waals surface area contributed by atoms with Crippen LogP contribution in [0.25, 0.3) is 0 Å². The van der Waals surface area contributed by atoms with Crippen LogP contribution in [0.2, 0.25) is 0 Å². The summed E-state index contributed by atoms with van der Waals surface area (Å²) >= 11 is 0. The number of hydrogen-bond acceptors (Lipinski definition) is 3. The maximum Gasteiger partial charge on any atom is 0.314 e. The number of hydrogen-bond donors (Lipinski definition) is 3. The van der Waals surface area contributed by atoms with Gasteiger partial charge < -0.3 is 20.6 Å². The minimum atomic E-state index is -0.792. The topological polar surface area (TPSA) is 81.7 Å². The van der Waals surface area contributed by atoms with E-state index in [1.807, 2.05) is 6.92 Å². The van der Waals surface area contributed by atoms with E-state index < -0.39 is 5.97 Å². The zero-order valence-corrected chi connectivity index (χ0v) is 11.8. The summed E-state index contributed by atoms with van der Waals surface area (Å²) in [7, 11) is 2.07. The molecule has 0 aromatic heterocycles. The summed E-state index contributed by atoms with van der Waals surface area (Å²) in [6.07, 6.45) is 3.27. The Labute approximate surface area is 114 Å². The number of carbonyl (C=O) groups is 2. The maximum atomic E-state index is 11.5. The molecule has 19 heavy (non-hydrogen) atoms. The van der Waals surface area contributed by atoms with Gasteiger partial charge in [0.25, 0.3) is 0 Å². The summed E-state index contributed by atoms with van der Waals surface area (Å²) in [5.74, 6) is -0.615. The standard InChI is InChI=1S/C13H25N3O3/c1-10(3-6-12(17)18)9-15-13(19)14-7-8-16(2)11-4-5-11/h10-11H,3-9H2,1-2H3,(H,17,18)(H2,14,15,19). The lowest BCUT2D eigenvalue weighted by Crippen LogP contribution is -2.41. The van der Waals surface area contributed by atoms with Gasteiger partial charge in [0, 0.05) is 32.1 Å². The summed E-state index contributed by atoms with van der Waals surface area (Å²) < 4.78 is 0. The molecule has 0 heterocycles. The van der Waals surface area contributed by atoms with Gasteiger partial charge in [0.2, 0.25) is 0 Å². The minimum Gasteiger partial charge on any atom is -0.481 e. The van der Waals surface area contributed by atoms with Gasteiger partial charge in [-0.3, -0.25) is 4.79 Å². The van der Waals surface area contributed by atoms with Gasteiger partial charge in [0.05, 0.1) is 0 Å². The average molecular weight is 271 g/mol. The van der Waals surface area contributed by atoms with E-state index in [9.17, 15) is 9.59 Å². The van der Waals surface area contributed by atoms with E-state index >= 15 is 0 Å². The van der Waals surface area contributed by atoms with Crippen LogP contribution >= 0.6 is 0 Å². The zero-order valence-electron chi connectivity index (χ0n) is 11.8. The Morgan fingerprint density at radius 2 is 2.05 bits per heavy atom. The van der Waals surface area contributed by atoms with Crippen molar-refractivity contribution in [3.8, 4) is 0 Å². The number of urea groups is 1. The highest BCUT2D eigenvalue weighted by Crippen LogP contribution is 2.24. The lowest BCUT2D eigenvalue weighted by Gasteiger charge is -2.16. The fraction of sp³-hybridized carbons (Fsp3) is 0.846. The fourth-order valence-electron chi connectivity index (χ4n) is 1.85. The van der Waals surface area contributed by atoms with Gasteiger partial charge in [-0.1, -0.05) is 6.92 Å². The normalized spacial score (nSPS) is 16.2. The Morgan fingerprint density at radius 1 is 1.37 bits per heavy atom. The van der Waals surface area contributed by atoms with E-state index in [0.717, 1.165) is 6.54 Å². The number of aliphatic carboxylic acids is 1. The number of nitrogens with one attached hydrogen (secondary N) is 2. The molecule has 0 bridgehead atoms. The van der Waals surface area contributed by atoms with Gasteiger partial charge in [-0.15, -0.1) is 0 Å². The number of carbonyl (C=O) groups excluding carboxylic acids is 1. The van der Waals surface area contributed by atoms with E-state index in [4.69, 9.17) is 5.11 Å². The van der Waals surface area contributed by atoms with Crippen molar-refractivity contribution in [2.45, 2.75) is 38.6 Å². The van der Waals surface area contributed by atoms with Gasteiger partial charge >= 0.3 is 12.0 Å². The zero-order chi connectivity index (χ0) is 14.3. The second-order valence-electron chi connectivity index (χ2n) is 5.39. The molecule has 1 rings (SSSR count). The Balaban J connectivity index is 1.98. The number of carboxylic acids is 1. The van der Waals surface area contributed by atoms with Crippen LogP contribution in [0.3, 0.4) is 0 Å². The van der Waals surface area contributed by atoms with Crippen molar-refractivity contribution >= 4 is 12.0 Å². The van der Waals surface area contributed by atoms with Crippen LogP contribution in [-0.2, 0) is 4.79 Å². The molecular weight excluding hydrogens is 246 g/mol. The highest BCUT2D eigenvalue weighted by molar-refractivity contribution is 5.73. The van der Waals surface area contributed by atoms with E-state index in [-0.39, 0.29) is 18.4 Å². The number of amides is 2. The molecule has 1 saturated carbocycles. The molecule has 0 aliphatic heterocycles. The van der Waals surface area contributed by atoms with Crippen molar-refractivity contribution in [2.75, 3.05) is 26.7 Å². The minimum absolute atomic E-state index is 0.149. The van der Waals surface area contributed by atoms with E-state index in [0.29, 0.717) is 25.6 Å². The molecule has 6 nitrogen and oxygen atoms in total. The summed E-state index contributed by atoms with van der Waals surface area (Å²) in [4.78, 5) is 24.2.